The molecule has 35 heavy (non-hydrogen) atoms. The Kier molecular flexibility index (Phi) is 7.87. The lowest BCUT2D eigenvalue weighted by Gasteiger charge is -2.13. The van der Waals surface area contributed by atoms with Crippen LogP contribution >= 0.6 is 11.6 Å². The number of esters is 1. The van der Waals surface area contributed by atoms with Gasteiger partial charge in [0.25, 0.3) is 0 Å². The topological polar surface area (TPSA) is 77.0 Å². The van der Waals surface area contributed by atoms with E-state index in [1.807, 2.05) is 19.1 Å². The van der Waals surface area contributed by atoms with Crippen LogP contribution in [0.25, 0.3) is 22.2 Å². The van der Waals surface area contributed by atoms with Gasteiger partial charge in [-0.05, 0) is 48.9 Å². The number of hydrogen-bond donors (Lipinski definition) is 1. The van der Waals surface area contributed by atoms with Crippen LogP contribution in [-0.2, 0) is 4.79 Å². The molecule has 2 heterocycles. The molecule has 6 nitrogen and oxygen atoms in total. The van der Waals surface area contributed by atoms with E-state index in [-0.39, 0.29) is 17.5 Å². The first-order valence-electron chi connectivity index (χ1n) is 11.6. The molecule has 1 unspecified atom stereocenters. The number of nitrogens with one attached hydrogen (secondary N) is 1. The molecule has 0 aliphatic rings. The van der Waals surface area contributed by atoms with E-state index >= 15 is 0 Å². The SMILES string of the molecule is CCCCCC(C)C(=O)Oc1ccc2c(Nc3cnnc(-c4cc(Cl)ccc4F)c3)ccnc2c1. The van der Waals surface area contributed by atoms with Gasteiger partial charge in [-0.25, -0.2) is 4.39 Å². The molecule has 0 saturated carbocycles. The Morgan fingerprint density at radius 1 is 1.14 bits per heavy atom. The molecule has 8 heteroatoms. The van der Waals surface area contributed by atoms with Gasteiger partial charge in [0.05, 0.1) is 29.0 Å². The summed E-state index contributed by atoms with van der Waals surface area (Å²) in [7, 11) is 0. The Balaban J connectivity index is 1.53. The van der Waals surface area contributed by atoms with Crippen molar-refractivity contribution in [2.75, 3.05) is 5.32 Å². The molecule has 0 fully saturated rings. The first-order valence-corrected chi connectivity index (χ1v) is 12.0. The number of hydrogen-bond acceptors (Lipinski definition) is 6. The number of rotatable bonds is 9. The number of aromatic nitrogens is 3. The van der Waals surface area contributed by atoms with Crippen LogP contribution in [0.1, 0.15) is 39.5 Å². The summed E-state index contributed by atoms with van der Waals surface area (Å²) in [5.41, 5.74) is 2.69. The number of anilines is 2. The number of ether oxygens (including phenoxy) is 1. The molecule has 0 aliphatic heterocycles. The van der Waals surface area contributed by atoms with E-state index in [1.54, 1.807) is 30.6 Å². The van der Waals surface area contributed by atoms with Crippen molar-refractivity contribution in [2.24, 2.45) is 5.92 Å². The van der Waals surface area contributed by atoms with Crippen LogP contribution in [0.15, 0.2) is 60.9 Å². The summed E-state index contributed by atoms with van der Waals surface area (Å²) >= 11 is 6.02. The number of pyridine rings is 1. The summed E-state index contributed by atoms with van der Waals surface area (Å²) in [5, 5.41) is 12.6. The smallest absolute Gasteiger partial charge is 0.314 e. The first kappa shape index (κ1) is 24.5. The summed E-state index contributed by atoms with van der Waals surface area (Å²) in [5.74, 6) is -0.370. The summed E-state index contributed by atoms with van der Waals surface area (Å²) in [6, 6.07) is 13.2. The van der Waals surface area contributed by atoms with Gasteiger partial charge in [-0.1, -0.05) is 44.7 Å². The minimum Gasteiger partial charge on any atom is -0.426 e. The molecule has 2 aromatic heterocycles. The van der Waals surface area contributed by atoms with Crippen LogP contribution in [0, 0.1) is 11.7 Å². The second-order valence-corrected chi connectivity index (χ2v) is 8.87. The van der Waals surface area contributed by atoms with Gasteiger partial charge in [-0.3, -0.25) is 9.78 Å². The van der Waals surface area contributed by atoms with Crippen molar-refractivity contribution in [1.29, 1.82) is 0 Å². The minimum atomic E-state index is -0.433. The van der Waals surface area contributed by atoms with Gasteiger partial charge in [0, 0.05) is 33.9 Å². The third-order valence-electron chi connectivity index (χ3n) is 5.71. The number of carbonyl (C=O) groups excluding carboxylic acids is 1. The van der Waals surface area contributed by atoms with E-state index in [1.165, 1.54) is 18.2 Å². The number of carbonyl (C=O) groups is 1. The quantitative estimate of drug-likeness (QED) is 0.149. The maximum Gasteiger partial charge on any atom is 0.314 e. The zero-order valence-corrected chi connectivity index (χ0v) is 20.3. The van der Waals surface area contributed by atoms with E-state index in [9.17, 15) is 9.18 Å². The summed E-state index contributed by atoms with van der Waals surface area (Å²) in [4.78, 5) is 16.9. The summed E-state index contributed by atoms with van der Waals surface area (Å²) < 4.78 is 19.9. The van der Waals surface area contributed by atoms with Gasteiger partial charge in [0.15, 0.2) is 0 Å². The maximum atomic E-state index is 14.3. The lowest BCUT2D eigenvalue weighted by molar-refractivity contribution is -0.138. The molecule has 180 valence electrons. The summed E-state index contributed by atoms with van der Waals surface area (Å²) in [6.07, 6.45) is 7.26. The Morgan fingerprint density at radius 3 is 2.83 bits per heavy atom. The fraction of sp³-hybridized carbons (Fsp3) is 0.259. The maximum absolute atomic E-state index is 14.3. The Hall–Kier alpha value is -3.58. The average molecular weight is 493 g/mol. The van der Waals surface area contributed by atoms with Gasteiger partial charge < -0.3 is 10.1 Å². The molecule has 4 aromatic rings. The molecule has 1 N–H and O–H groups in total. The number of nitrogens with zero attached hydrogens (tertiary/aromatic N) is 3. The lowest BCUT2D eigenvalue weighted by Crippen LogP contribution is -2.17. The highest BCUT2D eigenvalue weighted by Crippen LogP contribution is 2.30. The van der Waals surface area contributed by atoms with Gasteiger partial charge in [-0.15, -0.1) is 0 Å². The number of halogens is 2. The summed E-state index contributed by atoms with van der Waals surface area (Å²) in [6.45, 7) is 4.03. The van der Waals surface area contributed by atoms with E-state index in [4.69, 9.17) is 16.3 Å². The third kappa shape index (κ3) is 6.11. The Morgan fingerprint density at radius 2 is 2.00 bits per heavy atom. The van der Waals surface area contributed by atoms with Crippen LogP contribution < -0.4 is 10.1 Å². The fourth-order valence-corrected chi connectivity index (χ4v) is 3.92. The van der Waals surface area contributed by atoms with Crippen LogP contribution in [-0.4, -0.2) is 21.2 Å². The molecule has 0 radical (unpaired) electrons. The van der Waals surface area contributed by atoms with Crippen LogP contribution in [0.2, 0.25) is 5.02 Å². The zero-order valence-electron chi connectivity index (χ0n) is 19.6. The second-order valence-electron chi connectivity index (χ2n) is 8.43. The number of benzene rings is 2. The third-order valence-corrected chi connectivity index (χ3v) is 5.95. The van der Waals surface area contributed by atoms with Crippen LogP contribution in [0.5, 0.6) is 5.75 Å². The standard InChI is InChI=1S/C27H26ClFN4O2/c1-3-4-5-6-17(2)27(34)35-20-8-9-21-24(11-12-30-25(21)15-20)32-19-14-26(33-31-16-19)22-13-18(28)7-10-23(22)29/h7-17H,3-6H2,1-2H3,(H,30,32,33). The molecule has 0 bridgehead atoms. The molecule has 0 amide bonds. The zero-order chi connectivity index (χ0) is 24.8. The van der Waals surface area contributed by atoms with Crippen molar-refractivity contribution < 1.29 is 13.9 Å². The van der Waals surface area contributed by atoms with Crippen molar-refractivity contribution in [1.82, 2.24) is 15.2 Å². The molecular weight excluding hydrogens is 467 g/mol. The highest BCUT2D eigenvalue weighted by atomic mass is 35.5. The largest absolute Gasteiger partial charge is 0.426 e. The van der Waals surface area contributed by atoms with E-state index < -0.39 is 5.82 Å². The van der Waals surface area contributed by atoms with Crippen molar-refractivity contribution in [2.45, 2.75) is 39.5 Å². The highest BCUT2D eigenvalue weighted by molar-refractivity contribution is 6.30. The predicted molar refractivity (Wildman–Crippen MR) is 136 cm³/mol. The van der Waals surface area contributed by atoms with Crippen LogP contribution in [0.3, 0.4) is 0 Å². The number of fused-ring (bicyclic) bond motifs is 1. The lowest BCUT2D eigenvalue weighted by atomic mass is 10.0. The molecule has 2 aromatic carbocycles. The van der Waals surface area contributed by atoms with Gasteiger partial charge in [-0.2, -0.15) is 10.2 Å². The van der Waals surface area contributed by atoms with E-state index in [0.29, 0.717) is 27.7 Å². The fourth-order valence-electron chi connectivity index (χ4n) is 3.75. The van der Waals surface area contributed by atoms with Crippen molar-refractivity contribution in [3.8, 4) is 17.0 Å². The molecular formula is C27H26ClFN4O2. The van der Waals surface area contributed by atoms with E-state index in [2.05, 4.69) is 27.4 Å². The monoisotopic (exact) mass is 492 g/mol. The van der Waals surface area contributed by atoms with Crippen molar-refractivity contribution in [3.05, 3.63) is 71.8 Å². The molecule has 0 aliphatic carbocycles. The molecule has 4 rings (SSSR count). The molecule has 0 saturated heterocycles. The van der Waals surface area contributed by atoms with Crippen molar-refractivity contribution in [3.63, 3.8) is 0 Å². The Bertz CT molecular complexity index is 1350. The normalized spacial score (nSPS) is 11.9. The molecule has 0 spiro atoms. The average Bonchev–Trinajstić information content (AvgIpc) is 2.86. The first-order chi connectivity index (χ1) is 16.9. The van der Waals surface area contributed by atoms with E-state index in [0.717, 1.165) is 36.8 Å². The van der Waals surface area contributed by atoms with Crippen molar-refractivity contribution >= 4 is 39.8 Å². The minimum absolute atomic E-state index is 0.157. The number of unbranched alkanes of at least 4 members (excludes halogenated alkanes) is 2. The van der Waals surface area contributed by atoms with Gasteiger partial charge in [0.2, 0.25) is 0 Å². The molecule has 1 atom stereocenters. The van der Waals surface area contributed by atoms with Crippen LogP contribution in [0.4, 0.5) is 15.8 Å². The van der Waals surface area contributed by atoms with Gasteiger partial charge in [0.1, 0.15) is 11.6 Å². The highest BCUT2D eigenvalue weighted by Gasteiger charge is 2.16. The second kappa shape index (κ2) is 11.2. The Labute approximate surface area is 208 Å². The van der Waals surface area contributed by atoms with Gasteiger partial charge >= 0.3 is 5.97 Å². The predicted octanol–water partition coefficient (Wildman–Crippen LogP) is 7.35.